The van der Waals surface area contributed by atoms with Gasteiger partial charge >= 0.3 is 11.9 Å². The second-order valence-corrected chi connectivity index (χ2v) is 19.9. The molecule has 9 atom stereocenters. The van der Waals surface area contributed by atoms with Crippen molar-refractivity contribution in [2.75, 3.05) is 39.3 Å². The van der Waals surface area contributed by atoms with Crippen LogP contribution in [0.15, 0.2) is 42.9 Å². The number of carbonyl (C=O) groups is 13. The van der Waals surface area contributed by atoms with Crippen molar-refractivity contribution in [2.24, 2.45) is 23.3 Å². The number of H-pyrrole nitrogens is 1. The first kappa shape index (κ1) is 70.5. The molecule has 0 aliphatic carbocycles. The molecule has 1 heterocycles. The summed E-state index contributed by atoms with van der Waals surface area (Å²) >= 11 is 0. The van der Waals surface area contributed by atoms with Gasteiger partial charge in [0.15, 0.2) is 0 Å². The van der Waals surface area contributed by atoms with Crippen molar-refractivity contribution in [1.82, 2.24) is 68.5 Å². The zero-order valence-electron chi connectivity index (χ0n) is 47.2. The van der Waals surface area contributed by atoms with E-state index < -0.39 is 177 Å². The van der Waals surface area contributed by atoms with E-state index in [4.69, 9.17) is 11.5 Å². The highest BCUT2D eigenvalue weighted by atomic mass is 16.4. The van der Waals surface area contributed by atoms with Crippen molar-refractivity contribution in [3.8, 4) is 0 Å². The van der Waals surface area contributed by atoms with Crippen LogP contribution in [0.2, 0.25) is 0 Å². The van der Waals surface area contributed by atoms with Crippen molar-refractivity contribution >= 4 is 76.9 Å². The zero-order chi connectivity index (χ0) is 62.2. The molecule has 1 aromatic heterocycles. The predicted octanol–water partition coefficient (Wildman–Crippen LogP) is -5.44. The van der Waals surface area contributed by atoms with Crippen molar-refractivity contribution < 1.29 is 77.6 Å². The Kier molecular flexibility index (Phi) is 31.8. The molecular formula is C52H81N15O16. The summed E-state index contributed by atoms with van der Waals surface area (Å²) < 4.78 is 0. The number of nitrogens with one attached hydrogen (secondary N) is 12. The van der Waals surface area contributed by atoms with Crippen molar-refractivity contribution in [3.63, 3.8) is 0 Å². The molecule has 31 nitrogen and oxygen atoms in total. The van der Waals surface area contributed by atoms with Crippen LogP contribution < -0.4 is 70.0 Å². The fourth-order valence-corrected chi connectivity index (χ4v) is 7.80. The number of aliphatic hydroxyl groups excluding tert-OH is 1. The molecule has 83 heavy (non-hydrogen) atoms. The Balaban J connectivity index is 2.06. The van der Waals surface area contributed by atoms with E-state index in [1.165, 1.54) is 19.4 Å². The fourth-order valence-electron chi connectivity index (χ4n) is 7.80. The van der Waals surface area contributed by atoms with Crippen molar-refractivity contribution in [2.45, 2.75) is 141 Å². The Morgan fingerprint density at radius 1 is 0.566 bits per heavy atom. The van der Waals surface area contributed by atoms with E-state index in [-0.39, 0.29) is 31.6 Å². The number of benzene rings is 1. The highest BCUT2D eigenvalue weighted by Gasteiger charge is 2.33. The number of imidazole rings is 1. The van der Waals surface area contributed by atoms with Crippen LogP contribution >= 0.6 is 0 Å². The van der Waals surface area contributed by atoms with Crippen LogP contribution in [-0.2, 0) is 75.2 Å². The number of carboxylic acid groups (broad SMARTS) is 2. The molecule has 0 fully saturated rings. The quantitative estimate of drug-likeness (QED) is 0.0278. The highest BCUT2D eigenvalue weighted by Crippen LogP contribution is 2.11. The van der Waals surface area contributed by atoms with Gasteiger partial charge in [0.2, 0.25) is 65.0 Å². The lowest BCUT2D eigenvalue weighted by atomic mass is 9.98. The van der Waals surface area contributed by atoms with Gasteiger partial charge in [-0.15, -0.1) is 0 Å². The molecule has 0 unspecified atom stereocenters. The van der Waals surface area contributed by atoms with Gasteiger partial charge in [-0.25, -0.2) is 9.78 Å². The number of carboxylic acids is 2. The van der Waals surface area contributed by atoms with E-state index in [9.17, 15) is 77.6 Å². The van der Waals surface area contributed by atoms with Crippen LogP contribution in [0.3, 0.4) is 0 Å². The van der Waals surface area contributed by atoms with Crippen LogP contribution in [-0.4, -0.2) is 190 Å². The Hall–Kier alpha value is -8.58. The number of unbranched alkanes of at least 4 members (excludes halogenated alkanes) is 1. The summed E-state index contributed by atoms with van der Waals surface area (Å²) in [4.78, 5) is 175. The lowest BCUT2D eigenvalue weighted by Crippen LogP contribution is -2.59. The number of aliphatic carboxylic acids is 2. The monoisotopic (exact) mass is 1170 g/mol. The molecule has 0 aliphatic rings. The third kappa shape index (κ3) is 27.2. The molecule has 0 radical (unpaired) electrons. The number of nitrogens with zero attached hydrogens (tertiary/aromatic N) is 1. The predicted molar refractivity (Wildman–Crippen MR) is 295 cm³/mol. The van der Waals surface area contributed by atoms with Gasteiger partial charge in [0.1, 0.15) is 48.3 Å². The number of carbonyl (C=O) groups excluding carboxylic acids is 11. The first-order chi connectivity index (χ1) is 39.3. The Morgan fingerprint density at radius 3 is 1.71 bits per heavy atom. The average molecular weight is 1170 g/mol. The minimum Gasteiger partial charge on any atom is -0.481 e. The zero-order valence-corrected chi connectivity index (χ0v) is 47.2. The second kappa shape index (κ2) is 37.4. The molecule has 2 aromatic rings. The van der Waals surface area contributed by atoms with Crippen LogP contribution in [0, 0.1) is 11.8 Å². The standard InChI is InChI=1S/C52H81N15O16/c1-6-29(4)44(67-42(72)25-57-46(76)36(19-31-12-8-7-9-13-31)65-49(79)37(62-39(69)21-54)20-32-22-55-27-59-32)51(81)58-23-40(70)56-24-41(71)61-33(15-16-43(73)74)47(77)64-35(18-28(2)3)48(78)60-30(5)45(75)66-38(26-68)50(80)63-34(52(82)83)14-10-11-17-53/h7-9,12-13,22,27-30,33-38,44,68H,6,10-11,14-21,23-26,53-54H2,1-5H3,(H,55,59)(H,56,70)(H,57,76)(H,58,81)(H,60,78)(H,61,71)(H,62,69)(H,63,80)(H,64,77)(H,65,79)(H,66,75)(H,67,72)(H,73,74)(H,82,83)/t29-,30-,33-,34-,35-,36-,37-,38-,44-/m0/s1. The van der Waals surface area contributed by atoms with Crippen LogP contribution in [0.5, 0.6) is 0 Å². The number of aromatic amines is 1. The largest absolute Gasteiger partial charge is 0.481 e. The molecular weight excluding hydrogens is 1090 g/mol. The van der Waals surface area contributed by atoms with Gasteiger partial charge in [-0.1, -0.05) is 64.4 Å². The lowest BCUT2D eigenvalue weighted by Gasteiger charge is -2.26. The first-order valence-corrected chi connectivity index (χ1v) is 27.0. The number of hydrogen-bond donors (Lipinski definition) is 17. The van der Waals surface area contributed by atoms with E-state index in [0.29, 0.717) is 37.1 Å². The number of hydrogen-bond acceptors (Lipinski definition) is 17. The summed E-state index contributed by atoms with van der Waals surface area (Å²) in [5.41, 5.74) is 12.1. The molecule has 31 heteroatoms. The number of rotatable bonds is 39. The third-order valence-corrected chi connectivity index (χ3v) is 12.6. The summed E-state index contributed by atoms with van der Waals surface area (Å²) in [7, 11) is 0. The SMILES string of the molecule is CC[C@H](C)[C@H](NC(=O)CNC(=O)[C@H](Cc1ccccc1)NC(=O)[C@H](Cc1cnc[nH]1)NC(=O)CN)C(=O)NCC(=O)NCC(=O)N[C@@H](CCC(=O)O)C(=O)N[C@@H](CC(C)C)C(=O)N[C@@H](C)C(=O)N[C@@H](CO)C(=O)N[C@@H](CCCCN)C(=O)O. The number of nitrogens with two attached hydrogens (primary N) is 2. The molecule has 1 aromatic carbocycles. The number of aliphatic hydroxyl groups is 1. The molecule has 0 spiro atoms. The smallest absolute Gasteiger partial charge is 0.326 e. The van der Waals surface area contributed by atoms with E-state index in [2.05, 4.69) is 68.5 Å². The molecule has 11 amide bonds. The molecule has 19 N–H and O–H groups in total. The van der Waals surface area contributed by atoms with Gasteiger partial charge in [0.05, 0.1) is 39.1 Å². The van der Waals surface area contributed by atoms with Gasteiger partial charge in [0, 0.05) is 31.2 Å². The normalized spacial score (nSPS) is 14.2. The molecule has 0 saturated heterocycles. The van der Waals surface area contributed by atoms with Crippen LogP contribution in [0.25, 0.3) is 0 Å². The molecule has 0 saturated carbocycles. The summed E-state index contributed by atoms with van der Waals surface area (Å²) in [6.07, 6.45) is 2.92. The van der Waals surface area contributed by atoms with Crippen LogP contribution in [0.4, 0.5) is 0 Å². The molecule has 460 valence electrons. The fraction of sp³-hybridized carbons (Fsp3) is 0.577. The number of aromatic nitrogens is 2. The van der Waals surface area contributed by atoms with E-state index in [1.807, 2.05) is 0 Å². The highest BCUT2D eigenvalue weighted by molar-refractivity contribution is 5.98. The molecule has 0 bridgehead atoms. The van der Waals surface area contributed by atoms with E-state index in [0.717, 1.165) is 0 Å². The van der Waals surface area contributed by atoms with Gasteiger partial charge in [-0.05, 0) is 63.0 Å². The minimum absolute atomic E-state index is 0.0211. The van der Waals surface area contributed by atoms with Crippen LogP contribution in [0.1, 0.15) is 90.8 Å². The maximum atomic E-state index is 13.6. The third-order valence-electron chi connectivity index (χ3n) is 12.6. The van der Waals surface area contributed by atoms with E-state index >= 15 is 0 Å². The van der Waals surface area contributed by atoms with Gasteiger partial charge < -0.3 is 90.3 Å². The maximum Gasteiger partial charge on any atom is 0.326 e. The summed E-state index contributed by atoms with van der Waals surface area (Å²) in [6, 6.07) is -2.31. The van der Waals surface area contributed by atoms with Crippen molar-refractivity contribution in [1.29, 1.82) is 0 Å². The Labute approximate surface area is 479 Å². The lowest BCUT2D eigenvalue weighted by molar-refractivity contribution is -0.143. The van der Waals surface area contributed by atoms with Gasteiger partial charge in [-0.2, -0.15) is 0 Å². The molecule has 2 rings (SSSR count). The minimum atomic E-state index is -1.61. The average Bonchev–Trinajstić information content (AvgIpc) is 4.09. The van der Waals surface area contributed by atoms with E-state index in [1.54, 1.807) is 58.0 Å². The maximum absolute atomic E-state index is 13.6. The summed E-state index contributed by atoms with van der Waals surface area (Å²) in [6.45, 7) is 4.82. The Bertz CT molecular complexity index is 2500. The molecule has 0 aliphatic heterocycles. The topological polar surface area (TPSA) is 496 Å². The van der Waals surface area contributed by atoms with Gasteiger partial charge in [-0.3, -0.25) is 57.5 Å². The summed E-state index contributed by atoms with van der Waals surface area (Å²) in [5.74, 6) is -13.0. The second-order valence-electron chi connectivity index (χ2n) is 19.9. The first-order valence-electron chi connectivity index (χ1n) is 27.0. The summed E-state index contributed by atoms with van der Waals surface area (Å²) in [5, 5.41) is 55.2. The van der Waals surface area contributed by atoms with Gasteiger partial charge in [0.25, 0.3) is 0 Å². The Morgan fingerprint density at radius 2 is 1.12 bits per heavy atom. The van der Waals surface area contributed by atoms with Crippen molar-refractivity contribution in [3.05, 3.63) is 54.1 Å². The number of amides is 11.